The summed E-state index contributed by atoms with van der Waals surface area (Å²) in [5.74, 6) is 0. The Morgan fingerprint density at radius 3 is 2.45 bits per heavy atom. The van der Waals surface area contributed by atoms with Crippen LogP contribution in [0.15, 0.2) is 66.7 Å². The average Bonchev–Trinajstić information content (AvgIpc) is 2.54. The molecule has 0 amide bonds. The molecule has 3 aromatic rings. The van der Waals surface area contributed by atoms with Gasteiger partial charge in [0.2, 0.25) is 0 Å². The molecule has 1 heterocycles. The summed E-state index contributed by atoms with van der Waals surface area (Å²) in [5, 5.41) is 4.74. The van der Waals surface area contributed by atoms with E-state index in [4.69, 9.17) is 4.98 Å². The van der Waals surface area contributed by atoms with Crippen LogP contribution in [-0.4, -0.2) is 11.0 Å². The van der Waals surface area contributed by atoms with Crippen LogP contribution in [-0.2, 0) is 13.0 Å². The first-order valence-corrected chi connectivity index (χ1v) is 7.43. The lowest BCUT2D eigenvalue weighted by Gasteiger charge is -2.13. The highest BCUT2D eigenvalue weighted by atomic mass is 35.5. The molecule has 0 saturated heterocycles. The van der Waals surface area contributed by atoms with Gasteiger partial charge in [-0.3, -0.25) is 4.98 Å². The van der Waals surface area contributed by atoms with Crippen molar-refractivity contribution in [2.75, 3.05) is 0 Å². The maximum atomic E-state index is 4.69. The Hall–Kier alpha value is -1.90. The van der Waals surface area contributed by atoms with Crippen LogP contribution in [0.2, 0.25) is 0 Å². The molecule has 1 unspecified atom stereocenters. The topological polar surface area (TPSA) is 24.9 Å². The van der Waals surface area contributed by atoms with Gasteiger partial charge in [0, 0.05) is 18.0 Å². The second-order valence-electron chi connectivity index (χ2n) is 5.47. The molecule has 0 radical (unpaired) electrons. The highest BCUT2D eigenvalue weighted by molar-refractivity contribution is 5.85. The number of aromatic nitrogens is 1. The Kier molecular flexibility index (Phi) is 5.93. The van der Waals surface area contributed by atoms with E-state index in [2.05, 4.69) is 66.8 Å². The molecule has 114 valence electrons. The van der Waals surface area contributed by atoms with Gasteiger partial charge in [0.1, 0.15) is 0 Å². The minimum atomic E-state index is 0. The number of para-hydroxylation sites is 1. The van der Waals surface area contributed by atoms with Crippen molar-refractivity contribution in [2.45, 2.75) is 25.9 Å². The Morgan fingerprint density at radius 2 is 1.64 bits per heavy atom. The molecule has 2 aromatic carbocycles. The van der Waals surface area contributed by atoms with Gasteiger partial charge in [-0.15, -0.1) is 12.4 Å². The molecule has 0 saturated carbocycles. The quantitative estimate of drug-likeness (QED) is 0.756. The highest BCUT2D eigenvalue weighted by Gasteiger charge is 2.04. The van der Waals surface area contributed by atoms with E-state index < -0.39 is 0 Å². The molecule has 0 aliphatic heterocycles. The fourth-order valence-electron chi connectivity index (χ4n) is 2.53. The lowest BCUT2D eigenvalue weighted by molar-refractivity contribution is 0.540. The Balaban J connectivity index is 0.00000176. The molecule has 0 fully saturated rings. The molecule has 3 heteroatoms. The van der Waals surface area contributed by atoms with Gasteiger partial charge in [-0.25, -0.2) is 0 Å². The van der Waals surface area contributed by atoms with Crippen molar-refractivity contribution in [2.24, 2.45) is 0 Å². The van der Waals surface area contributed by atoms with Crippen molar-refractivity contribution in [3.63, 3.8) is 0 Å². The number of hydrogen-bond donors (Lipinski definition) is 1. The van der Waals surface area contributed by atoms with Crippen LogP contribution < -0.4 is 5.32 Å². The van der Waals surface area contributed by atoms with Crippen LogP contribution in [0.5, 0.6) is 0 Å². The fraction of sp³-hybridized carbons (Fsp3) is 0.211. The van der Waals surface area contributed by atoms with Crippen LogP contribution in [0.4, 0.5) is 0 Å². The van der Waals surface area contributed by atoms with Crippen molar-refractivity contribution in [1.82, 2.24) is 10.3 Å². The number of fused-ring (bicyclic) bond motifs is 1. The third-order valence-electron chi connectivity index (χ3n) is 3.67. The second-order valence-corrected chi connectivity index (χ2v) is 5.47. The monoisotopic (exact) mass is 312 g/mol. The number of nitrogens with one attached hydrogen (secondary N) is 1. The molecule has 1 N–H and O–H groups in total. The van der Waals surface area contributed by atoms with E-state index in [0.29, 0.717) is 6.04 Å². The second kappa shape index (κ2) is 7.92. The minimum Gasteiger partial charge on any atom is -0.308 e. The largest absolute Gasteiger partial charge is 0.308 e. The molecular formula is C19H21ClN2. The predicted molar refractivity (Wildman–Crippen MR) is 95.4 cm³/mol. The summed E-state index contributed by atoms with van der Waals surface area (Å²) in [4.78, 5) is 4.69. The van der Waals surface area contributed by atoms with Crippen LogP contribution in [0.3, 0.4) is 0 Å². The zero-order valence-electron chi connectivity index (χ0n) is 12.7. The molecule has 0 bridgehead atoms. The smallest absolute Gasteiger partial charge is 0.0705 e. The van der Waals surface area contributed by atoms with E-state index in [9.17, 15) is 0 Å². The van der Waals surface area contributed by atoms with Gasteiger partial charge >= 0.3 is 0 Å². The molecule has 0 aliphatic carbocycles. The van der Waals surface area contributed by atoms with Gasteiger partial charge in [-0.05, 0) is 31.0 Å². The van der Waals surface area contributed by atoms with Gasteiger partial charge in [-0.2, -0.15) is 0 Å². The van der Waals surface area contributed by atoms with E-state index in [-0.39, 0.29) is 12.4 Å². The Bertz CT molecular complexity index is 713. The van der Waals surface area contributed by atoms with Crippen LogP contribution >= 0.6 is 12.4 Å². The number of nitrogens with zero attached hydrogens (tertiary/aromatic N) is 1. The number of benzene rings is 2. The summed E-state index contributed by atoms with van der Waals surface area (Å²) in [7, 11) is 0. The average molecular weight is 313 g/mol. The minimum absolute atomic E-state index is 0. The molecule has 1 atom stereocenters. The maximum Gasteiger partial charge on any atom is 0.0705 e. The SMILES string of the molecule is CC(Cc1ccccc1)NCc1ccc2ccccc2n1.Cl. The summed E-state index contributed by atoms with van der Waals surface area (Å²) in [6, 6.07) is 23.5. The molecular weight excluding hydrogens is 292 g/mol. The predicted octanol–water partition coefficient (Wildman–Crippen LogP) is 4.38. The van der Waals surface area contributed by atoms with E-state index in [1.54, 1.807) is 0 Å². The Labute approximate surface area is 138 Å². The van der Waals surface area contributed by atoms with Gasteiger partial charge < -0.3 is 5.32 Å². The maximum absolute atomic E-state index is 4.69. The van der Waals surface area contributed by atoms with E-state index in [1.165, 1.54) is 10.9 Å². The lowest BCUT2D eigenvalue weighted by Crippen LogP contribution is -2.27. The van der Waals surface area contributed by atoms with Crippen molar-refractivity contribution in [3.05, 3.63) is 78.0 Å². The van der Waals surface area contributed by atoms with E-state index in [1.807, 2.05) is 12.1 Å². The molecule has 3 rings (SSSR count). The van der Waals surface area contributed by atoms with Gasteiger partial charge in [0.05, 0.1) is 11.2 Å². The molecule has 22 heavy (non-hydrogen) atoms. The van der Waals surface area contributed by atoms with Gasteiger partial charge in [0.15, 0.2) is 0 Å². The van der Waals surface area contributed by atoms with Crippen LogP contribution in [0.1, 0.15) is 18.2 Å². The zero-order valence-corrected chi connectivity index (χ0v) is 13.5. The first kappa shape index (κ1) is 16.5. The van der Waals surface area contributed by atoms with Gasteiger partial charge in [0.25, 0.3) is 0 Å². The summed E-state index contributed by atoms with van der Waals surface area (Å²) in [6.45, 7) is 3.02. The normalized spacial score (nSPS) is 11.9. The van der Waals surface area contributed by atoms with Crippen molar-refractivity contribution in [1.29, 1.82) is 0 Å². The zero-order chi connectivity index (χ0) is 14.5. The molecule has 0 aliphatic rings. The van der Waals surface area contributed by atoms with Crippen molar-refractivity contribution in [3.8, 4) is 0 Å². The third kappa shape index (κ3) is 4.30. The lowest BCUT2D eigenvalue weighted by atomic mass is 10.1. The van der Waals surface area contributed by atoms with Crippen LogP contribution in [0, 0.1) is 0 Å². The summed E-state index contributed by atoms with van der Waals surface area (Å²) in [5.41, 5.74) is 3.52. The number of rotatable bonds is 5. The van der Waals surface area contributed by atoms with E-state index in [0.717, 1.165) is 24.2 Å². The summed E-state index contributed by atoms with van der Waals surface area (Å²) >= 11 is 0. The fourth-order valence-corrected chi connectivity index (χ4v) is 2.53. The summed E-state index contributed by atoms with van der Waals surface area (Å²) in [6.07, 6.45) is 1.04. The first-order valence-electron chi connectivity index (χ1n) is 7.43. The first-order chi connectivity index (χ1) is 10.3. The third-order valence-corrected chi connectivity index (χ3v) is 3.67. The molecule has 1 aromatic heterocycles. The van der Waals surface area contributed by atoms with E-state index >= 15 is 0 Å². The van der Waals surface area contributed by atoms with Crippen molar-refractivity contribution < 1.29 is 0 Å². The highest BCUT2D eigenvalue weighted by Crippen LogP contribution is 2.12. The van der Waals surface area contributed by atoms with Crippen LogP contribution in [0.25, 0.3) is 10.9 Å². The standard InChI is InChI=1S/C19H20N2.ClH/c1-15(13-16-7-3-2-4-8-16)20-14-18-12-11-17-9-5-6-10-19(17)21-18;/h2-12,15,20H,13-14H2,1H3;1H. The van der Waals surface area contributed by atoms with Gasteiger partial charge in [-0.1, -0.05) is 54.6 Å². The molecule has 2 nitrogen and oxygen atoms in total. The van der Waals surface area contributed by atoms with Crippen molar-refractivity contribution >= 4 is 23.3 Å². The number of halogens is 1. The molecule has 0 spiro atoms. The number of hydrogen-bond acceptors (Lipinski definition) is 2. The Morgan fingerprint density at radius 1 is 0.909 bits per heavy atom. The summed E-state index contributed by atoms with van der Waals surface area (Å²) < 4.78 is 0. The number of pyridine rings is 1.